The molecule has 0 atom stereocenters. The van der Waals surface area contributed by atoms with E-state index in [1.165, 1.54) is 12.1 Å². The summed E-state index contributed by atoms with van der Waals surface area (Å²) in [6.45, 7) is 3.87. The van der Waals surface area contributed by atoms with E-state index in [4.69, 9.17) is 0 Å². The number of rotatable bonds is 6. The van der Waals surface area contributed by atoms with Gasteiger partial charge in [-0.1, -0.05) is 31.9 Å². The van der Waals surface area contributed by atoms with Gasteiger partial charge in [0.05, 0.1) is 5.71 Å². The molecule has 0 saturated carbocycles. The monoisotopic (exact) mass is 250 g/mol. The zero-order valence-electron chi connectivity index (χ0n) is 10.9. The molecule has 0 spiro atoms. The van der Waals surface area contributed by atoms with E-state index in [9.17, 15) is 9.18 Å². The first-order valence-corrected chi connectivity index (χ1v) is 6.22. The quantitative estimate of drug-likeness (QED) is 0.470. The number of halogens is 1. The number of hydrogen-bond acceptors (Lipinski definition) is 2. The van der Waals surface area contributed by atoms with Crippen molar-refractivity contribution in [1.82, 2.24) is 5.43 Å². The fourth-order valence-corrected chi connectivity index (χ4v) is 1.49. The third-order valence-corrected chi connectivity index (χ3v) is 2.62. The summed E-state index contributed by atoms with van der Waals surface area (Å²) in [6, 6.07) is 6.02. The van der Waals surface area contributed by atoms with Crippen molar-refractivity contribution >= 4 is 11.6 Å². The third kappa shape index (κ3) is 5.08. The summed E-state index contributed by atoms with van der Waals surface area (Å²) in [6.07, 6.45) is 3.51. The molecule has 0 aliphatic rings. The highest BCUT2D eigenvalue weighted by atomic mass is 19.1. The number of amides is 1. The highest BCUT2D eigenvalue weighted by Crippen LogP contribution is 2.04. The minimum atomic E-state index is -0.282. The molecule has 1 N–H and O–H groups in total. The van der Waals surface area contributed by atoms with E-state index in [1.807, 2.05) is 0 Å². The zero-order chi connectivity index (χ0) is 13.4. The second kappa shape index (κ2) is 7.58. The molecule has 1 rings (SSSR count). The molecule has 0 heterocycles. The predicted molar refractivity (Wildman–Crippen MR) is 70.9 cm³/mol. The standard InChI is InChI=1S/C14H19FN2O/c1-3-4-5-6-14(18)17-16-11(2)12-7-9-13(15)10-8-12/h7-10H,3-6H2,1-2H3,(H,17,18). The van der Waals surface area contributed by atoms with Crippen molar-refractivity contribution in [2.45, 2.75) is 39.5 Å². The first-order valence-electron chi connectivity index (χ1n) is 6.22. The Morgan fingerprint density at radius 2 is 1.94 bits per heavy atom. The van der Waals surface area contributed by atoms with Gasteiger partial charge in [-0.3, -0.25) is 4.79 Å². The molecule has 0 aliphatic heterocycles. The summed E-state index contributed by atoms with van der Waals surface area (Å²) in [5.41, 5.74) is 3.97. The van der Waals surface area contributed by atoms with Crippen LogP contribution in [0.4, 0.5) is 4.39 Å². The molecular weight excluding hydrogens is 231 g/mol. The van der Waals surface area contributed by atoms with Gasteiger partial charge >= 0.3 is 0 Å². The van der Waals surface area contributed by atoms with Gasteiger partial charge in [-0.25, -0.2) is 9.82 Å². The second-order valence-corrected chi connectivity index (χ2v) is 4.20. The number of hydrazone groups is 1. The summed E-state index contributed by atoms with van der Waals surface area (Å²) < 4.78 is 12.7. The van der Waals surface area contributed by atoms with Crippen LogP contribution in [0.1, 0.15) is 45.1 Å². The number of nitrogens with one attached hydrogen (secondary N) is 1. The summed E-state index contributed by atoms with van der Waals surface area (Å²) in [5.74, 6) is -0.361. The molecule has 1 amide bonds. The first kappa shape index (κ1) is 14.4. The van der Waals surface area contributed by atoms with Gasteiger partial charge in [0.1, 0.15) is 5.82 Å². The highest BCUT2D eigenvalue weighted by molar-refractivity contribution is 5.99. The summed E-state index contributed by atoms with van der Waals surface area (Å²) in [7, 11) is 0. The third-order valence-electron chi connectivity index (χ3n) is 2.62. The number of unbranched alkanes of at least 4 members (excludes halogenated alkanes) is 2. The molecule has 0 saturated heterocycles. The van der Waals surface area contributed by atoms with Crippen molar-refractivity contribution in [2.75, 3.05) is 0 Å². The van der Waals surface area contributed by atoms with E-state index >= 15 is 0 Å². The Kier molecular flexibility index (Phi) is 6.05. The van der Waals surface area contributed by atoms with Gasteiger partial charge in [0.15, 0.2) is 0 Å². The van der Waals surface area contributed by atoms with E-state index in [0.717, 1.165) is 24.8 Å². The number of benzene rings is 1. The van der Waals surface area contributed by atoms with Gasteiger partial charge in [0.25, 0.3) is 0 Å². The fraction of sp³-hybridized carbons (Fsp3) is 0.429. The minimum absolute atomic E-state index is 0.0788. The molecule has 4 heteroatoms. The Morgan fingerprint density at radius 1 is 1.28 bits per heavy atom. The average molecular weight is 250 g/mol. The van der Waals surface area contributed by atoms with E-state index < -0.39 is 0 Å². The van der Waals surface area contributed by atoms with Crippen LogP contribution in [0, 0.1) is 5.82 Å². The Balaban J connectivity index is 2.46. The zero-order valence-corrected chi connectivity index (χ0v) is 10.9. The molecule has 0 unspecified atom stereocenters. The van der Waals surface area contributed by atoms with Gasteiger partial charge in [-0.05, 0) is 31.0 Å². The fourth-order valence-electron chi connectivity index (χ4n) is 1.49. The van der Waals surface area contributed by atoms with Crippen LogP contribution in [0.2, 0.25) is 0 Å². The lowest BCUT2D eigenvalue weighted by Gasteiger charge is -2.02. The summed E-state index contributed by atoms with van der Waals surface area (Å²) in [4.78, 5) is 11.4. The van der Waals surface area contributed by atoms with E-state index in [1.54, 1.807) is 19.1 Å². The van der Waals surface area contributed by atoms with Gasteiger partial charge in [-0.2, -0.15) is 5.10 Å². The van der Waals surface area contributed by atoms with Crippen molar-refractivity contribution in [2.24, 2.45) is 5.10 Å². The largest absolute Gasteiger partial charge is 0.273 e. The topological polar surface area (TPSA) is 41.5 Å². The van der Waals surface area contributed by atoms with Crippen molar-refractivity contribution in [1.29, 1.82) is 0 Å². The molecule has 0 aliphatic carbocycles. The Labute approximate surface area is 107 Å². The highest BCUT2D eigenvalue weighted by Gasteiger charge is 2.01. The lowest BCUT2D eigenvalue weighted by atomic mass is 10.1. The second-order valence-electron chi connectivity index (χ2n) is 4.20. The van der Waals surface area contributed by atoms with Gasteiger partial charge < -0.3 is 0 Å². The molecule has 18 heavy (non-hydrogen) atoms. The number of nitrogens with zero attached hydrogens (tertiary/aromatic N) is 1. The van der Waals surface area contributed by atoms with Crippen LogP contribution in [0.25, 0.3) is 0 Å². The van der Waals surface area contributed by atoms with Crippen LogP contribution in [-0.4, -0.2) is 11.6 Å². The molecule has 0 fully saturated rings. The maximum absolute atomic E-state index is 12.7. The Bertz CT molecular complexity index is 412. The van der Waals surface area contributed by atoms with Gasteiger partial charge in [0, 0.05) is 6.42 Å². The van der Waals surface area contributed by atoms with Crippen LogP contribution in [-0.2, 0) is 4.79 Å². The van der Waals surface area contributed by atoms with E-state index in [0.29, 0.717) is 12.1 Å². The normalized spacial score (nSPS) is 11.4. The maximum atomic E-state index is 12.7. The van der Waals surface area contributed by atoms with Crippen LogP contribution < -0.4 is 5.43 Å². The van der Waals surface area contributed by atoms with Crippen LogP contribution in [0.5, 0.6) is 0 Å². The summed E-state index contributed by atoms with van der Waals surface area (Å²) >= 11 is 0. The number of carbonyl (C=O) groups is 1. The number of carbonyl (C=O) groups excluding carboxylic acids is 1. The van der Waals surface area contributed by atoms with Crippen molar-refractivity contribution in [3.63, 3.8) is 0 Å². The van der Waals surface area contributed by atoms with E-state index in [-0.39, 0.29) is 11.7 Å². The predicted octanol–water partition coefficient (Wildman–Crippen LogP) is 3.25. The molecule has 3 nitrogen and oxygen atoms in total. The molecule has 98 valence electrons. The molecule has 0 bridgehead atoms. The molecular formula is C14H19FN2O. The van der Waals surface area contributed by atoms with Crippen molar-refractivity contribution in [3.05, 3.63) is 35.6 Å². The molecule has 1 aromatic carbocycles. The van der Waals surface area contributed by atoms with Crippen LogP contribution in [0.3, 0.4) is 0 Å². The molecule has 0 aromatic heterocycles. The average Bonchev–Trinajstić information content (AvgIpc) is 2.37. The van der Waals surface area contributed by atoms with Crippen LogP contribution in [0.15, 0.2) is 29.4 Å². The van der Waals surface area contributed by atoms with Crippen LogP contribution >= 0.6 is 0 Å². The molecule has 1 aromatic rings. The lowest BCUT2D eigenvalue weighted by Crippen LogP contribution is -2.18. The Hall–Kier alpha value is -1.71. The smallest absolute Gasteiger partial charge is 0.240 e. The van der Waals surface area contributed by atoms with Crippen molar-refractivity contribution < 1.29 is 9.18 Å². The first-order chi connectivity index (χ1) is 8.63. The molecule has 0 radical (unpaired) electrons. The van der Waals surface area contributed by atoms with E-state index in [2.05, 4.69) is 17.5 Å². The van der Waals surface area contributed by atoms with Gasteiger partial charge in [0.2, 0.25) is 5.91 Å². The maximum Gasteiger partial charge on any atom is 0.240 e. The Morgan fingerprint density at radius 3 is 2.56 bits per heavy atom. The number of hydrogen-bond donors (Lipinski definition) is 1. The SMILES string of the molecule is CCCCCC(=O)NN=C(C)c1ccc(F)cc1. The van der Waals surface area contributed by atoms with Crippen molar-refractivity contribution in [3.8, 4) is 0 Å². The minimum Gasteiger partial charge on any atom is -0.273 e. The lowest BCUT2D eigenvalue weighted by molar-refractivity contribution is -0.121. The van der Waals surface area contributed by atoms with Gasteiger partial charge in [-0.15, -0.1) is 0 Å². The summed E-state index contributed by atoms with van der Waals surface area (Å²) in [5, 5.41) is 4.00.